The van der Waals surface area contributed by atoms with Gasteiger partial charge >= 0.3 is 5.97 Å². The second kappa shape index (κ2) is 11.0. The highest BCUT2D eigenvalue weighted by molar-refractivity contribution is 5.75. The summed E-state index contributed by atoms with van der Waals surface area (Å²) in [6, 6.07) is 17.6. The van der Waals surface area contributed by atoms with E-state index in [1.165, 1.54) is 0 Å². The van der Waals surface area contributed by atoms with Crippen LogP contribution < -0.4 is 10.1 Å². The molecule has 0 aromatic heterocycles. The molecule has 2 aromatic carbocycles. The van der Waals surface area contributed by atoms with Crippen LogP contribution in [-0.4, -0.2) is 30.9 Å². The summed E-state index contributed by atoms with van der Waals surface area (Å²) in [4.78, 5) is 11.9. The Kier molecular flexibility index (Phi) is 8.68. The lowest BCUT2D eigenvalue weighted by molar-refractivity contribution is -0.153. The average molecular weight is 400 g/mol. The maximum absolute atomic E-state index is 11.9. The summed E-state index contributed by atoms with van der Waals surface area (Å²) in [5, 5.41) is 14.3. The molecule has 0 aliphatic heterocycles. The molecule has 0 radical (unpaired) electrons. The smallest absolute Gasteiger partial charge is 0.311 e. The fourth-order valence-electron chi connectivity index (χ4n) is 2.95. The highest BCUT2D eigenvalue weighted by atomic mass is 16.5. The van der Waals surface area contributed by atoms with Crippen LogP contribution in [0.4, 0.5) is 0 Å². The minimum atomic E-state index is -0.594. The van der Waals surface area contributed by atoms with Gasteiger partial charge in [-0.2, -0.15) is 0 Å². The van der Waals surface area contributed by atoms with Gasteiger partial charge in [-0.15, -0.1) is 0 Å². The third-order valence-electron chi connectivity index (χ3n) is 4.72. The number of methoxy groups -OCH3 is 1. The lowest BCUT2D eigenvalue weighted by Crippen LogP contribution is -2.32. The predicted octanol–water partition coefficient (Wildman–Crippen LogP) is 4.26. The summed E-state index contributed by atoms with van der Waals surface area (Å²) < 4.78 is 10.5. The zero-order valence-electron chi connectivity index (χ0n) is 17.9. The highest BCUT2D eigenvalue weighted by Gasteiger charge is 2.24. The number of carbonyl (C=O) groups is 1. The van der Waals surface area contributed by atoms with Crippen LogP contribution in [0.5, 0.6) is 5.75 Å². The molecule has 158 valence electrons. The first kappa shape index (κ1) is 22.9. The first-order chi connectivity index (χ1) is 13.8. The number of benzene rings is 2. The van der Waals surface area contributed by atoms with Gasteiger partial charge in [0, 0.05) is 6.54 Å². The number of ether oxygens (including phenoxy) is 2. The molecule has 2 N–H and O–H groups in total. The van der Waals surface area contributed by atoms with E-state index in [9.17, 15) is 9.90 Å². The summed E-state index contributed by atoms with van der Waals surface area (Å²) in [7, 11) is 1.65. The van der Waals surface area contributed by atoms with Crippen LogP contribution in [0.15, 0.2) is 54.6 Å². The van der Waals surface area contributed by atoms with E-state index in [1.54, 1.807) is 7.11 Å². The van der Waals surface area contributed by atoms with Crippen LogP contribution >= 0.6 is 0 Å². The van der Waals surface area contributed by atoms with Gasteiger partial charge < -0.3 is 19.9 Å². The number of hydrogen-bond donors (Lipinski definition) is 2. The third kappa shape index (κ3) is 7.52. The molecule has 2 aromatic rings. The molecule has 2 rings (SSSR count). The van der Waals surface area contributed by atoms with Gasteiger partial charge in [0.25, 0.3) is 0 Å². The number of hydrogen-bond acceptors (Lipinski definition) is 5. The Morgan fingerprint density at radius 1 is 1.07 bits per heavy atom. The number of esters is 1. The number of aliphatic hydroxyl groups excluding tert-OH is 1. The molecular weight excluding hydrogens is 366 g/mol. The SMILES string of the molecule is COc1ccc(CN[C@@H](c2ccccc2)[C@@H](O)CCCOC(=O)C(C)(C)C)cc1. The summed E-state index contributed by atoms with van der Waals surface area (Å²) in [6.45, 7) is 6.43. The maximum atomic E-state index is 11.9. The van der Waals surface area contributed by atoms with Gasteiger partial charge in [-0.25, -0.2) is 0 Å². The standard InChI is InChI=1S/C24H33NO4/c1-24(2,3)23(27)29-16-8-11-21(26)22(19-9-6-5-7-10-19)25-17-18-12-14-20(28-4)15-13-18/h5-7,9-10,12-15,21-22,25-26H,8,11,16-17H2,1-4H3/t21-,22-/m0/s1. The van der Waals surface area contributed by atoms with Crippen LogP contribution in [0.1, 0.15) is 50.8 Å². The van der Waals surface area contributed by atoms with E-state index in [0.717, 1.165) is 16.9 Å². The zero-order chi connectivity index (χ0) is 21.3. The monoisotopic (exact) mass is 399 g/mol. The quantitative estimate of drug-likeness (QED) is 0.462. The first-order valence-corrected chi connectivity index (χ1v) is 10.1. The molecule has 0 amide bonds. The van der Waals surface area contributed by atoms with Crippen molar-refractivity contribution in [2.24, 2.45) is 5.41 Å². The van der Waals surface area contributed by atoms with Gasteiger partial charge in [-0.05, 0) is 56.9 Å². The predicted molar refractivity (Wildman–Crippen MR) is 115 cm³/mol. The van der Waals surface area contributed by atoms with Gasteiger partial charge in [0.15, 0.2) is 0 Å². The van der Waals surface area contributed by atoms with Crippen molar-refractivity contribution in [1.29, 1.82) is 0 Å². The van der Waals surface area contributed by atoms with Crippen molar-refractivity contribution in [1.82, 2.24) is 5.32 Å². The van der Waals surface area contributed by atoms with Gasteiger partial charge in [-0.3, -0.25) is 4.79 Å². The Hall–Kier alpha value is -2.37. The molecule has 2 atom stereocenters. The van der Waals surface area contributed by atoms with E-state index in [-0.39, 0.29) is 12.0 Å². The van der Waals surface area contributed by atoms with Crippen LogP contribution in [0.25, 0.3) is 0 Å². The molecule has 0 fully saturated rings. The molecule has 5 nitrogen and oxygen atoms in total. The van der Waals surface area contributed by atoms with Gasteiger partial charge in [-0.1, -0.05) is 42.5 Å². The lowest BCUT2D eigenvalue weighted by Gasteiger charge is -2.25. The molecular formula is C24H33NO4. The second-order valence-electron chi connectivity index (χ2n) is 8.21. The lowest BCUT2D eigenvalue weighted by atomic mass is 9.97. The first-order valence-electron chi connectivity index (χ1n) is 10.1. The number of nitrogens with one attached hydrogen (secondary N) is 1. The topological polar surface area (TPSA) is 67.8 Å². The van der Waals surface area contributed by atoms with E-state index >= 15 is 0 Å². The number of rotatable bonds is 10. The highest BCUT2D eigenvalue weighted by Crippen LogP contribution is 2.22. The van der Waals surface area contributed by atoms with Gasteiger partial charge in [0.2, 0.25) is 0 Å². The van der Waals surface area contributed by atoms with Crippen molar-refractivity contribution in [2.75, 3.05) is 13.7 Å². The number of aliphatic hydroxyl groups is 1. The zero-order valence-corrected chi connectivity index (χ0v) is 17.9. The van der Waals surface area contributed by atoms with Crippen molar-refractivity contribution in [3.05, 3.63) is 65.7 Å². The molecule has 0 unspecified atom stereocenters. The normalized spacial score (nSPS) is 13.6. The van der Waals surface area contributed by atoms with Crippen molar-refractivity contribution in [3.8, 4) is 5.75 Å². The van der Waals surface area contributed by atoms with E-state index in [4.69, 9.17) is 9.47 Å². The molecule has 0 heterocycles. The summed E-state index contributed by atoms with van der Waals surface area (Å²) >= 11 is 0. The molecule has 0 spiro atoms. The van der Waals surface area contributed by atoms with Gasteiger partial charge in [0.1, 0.15) is 5.75 Å². The molecule has 0 saturated heterocycles. The molecule has 0 saturated carbocycles. The Bertz CT molecular complexity index is 738. The molecule has 0 aliphatic rings. The Morgan fingerprint density at radius 3 is 2.31 bits per heavy atom. The molecule has 0 aliphatic carbocycles. The van der Waals surface area contributed by atoms with E-state index in [1.807, 2.05) is 75.4 Å². The van der Waals surface area contributed by atoms with E-state index in [2.05, 4.69) is 5.32 Å². The fourth-order valence-corrected chi connectivity index (χ4v) is 2.95. The average Bonchev–Trinajstić information content (AvgIpc) is 2.71. The maximum Gasteiger partial charge on any atom is 0.311 e. The van der Waals surface area contributed by atoms with E-state index in [0.29, 0.717) is 26.0 Å². The second-order valence-corrected chi connectivity index (χ2v) is 8.21. The van der Waals surface area contributed by atoms with Crippen LogP contribution in [0, 0.1) is 5.41 Å². The summed E-state index contributed by atoms with van der Waals surface area (Å²) in [5.74, 6) is 0.599. The fraction of sp³-hybridized carbons (Fsp3) is 0.458. The van der Waals surface area contributed by atoms with E-state index < -0.39 is 11.5 Å². The molecule has 5 heteroatoms. The van der Waals surface area contributed by atoms with Crippen molar-refractivity contribution >= 4 is 5.97 Å². The van der Waals surface area contributed by atoms with Crippen molar-refractivity contribution in [2.45, 2.75) is 52.3 Å². The molecule has 0 bridgehead atoms. The molecule has 29 heavy (non-hydrogen) atoms. The van der Waals surface area contributed by atoms with Crippen molar-refractivity contribution in [3.63, 3.8) is 0 Å². The van der Waals surface area contributed by atoms with Crippen molar-refractivity contribution < 1.29 is 19.4 Å². The van der Waals surface area contributed by atoms with Crippen LogP contribution in [0.3, 0.4) is 0 Å². The van der Waals surface area contributed by atoms with Crippen LogP contribution in [-0.2, 0) is 16.1 Å². The largest absolute Gasteiger partial charge is 0.497 e. The third-order valence-corrected chi connectivity index (χ3v) is 4.72. The minimum Gasteiger partial charge on any atom is -0.497 e. The Balaban J connectivity index is 1.93. The number of carbonyl (C=O) groups excluding carboxylic acids is 1. The minimum absolute atomic E-state index is 0.211. The Labute approximate surface area is 174 Å². The van der Waals surface area contributed by atoms with Gasteiger partial charge in [0.05, 0.1) is 31.3 Å². The summed E-state index contributed by atoms with van der Waals surface area (Å²) in [5.41, 5.74) is 1.63. The summed E-state index contributed by atoms with van der Waals surface area (Å²) in [6.07, 6.45) is 0.548. The van der Waals surface area contributed by atoms with Crippen LogP contribution in [0.2, 0.25) is 0 Å². The Morgan fingerprint density at radius 2 is 1.72 bits per heavy atom.